The van der Waals surface area contributed by atoms with E-state index in [-0.39, 0.29) is 0 Å². The Morgan fingerprint density at radius 3 is 2.00 bits per heavy atom. The fourth-order valence-corrected chi connectivity index (χ4v) is 1.31. The van der Waals surface area contributed by atoms with Gasteiger partial charge in [-0.25, -0.2) is 0 Å². The zero-order valence-electron chi connectivity index (χ0n) is 10.1. The summed E-state index contributed by atoms with van der Waals surface area (Å²) in [5.41, 5.74) is 1.42. The van der Waals surface area contributed by atoms with E-state index in [9.17, 15) is 9.77 Å². The number of aryl methyl sites for hydroxylation is 1. The standard InChI is InChI=1S/C11H11NO2.Cl3OP/c1-8-9(2)14-11(12(8)13)10-6-4-3-5-7-10;1-5(2,3)4/h3-7H,1-2H3;. The molecule has 0 unspecified atom stereocenters. The highest BCUT2D eigenvalue weighted by Gasteiger charge is 2.19. The van der Waals surface area contributed by atoms with Crippen molar-refractivity contribution in [3.63, 3.8) is 0 Å². The second-order valence-electron chi connectivity index (χ2n) is 3.61. The minimum atomic E-state index is -3.22. The van der Waals surface area contributed by atoms with Crippen molar-refractivity contribution in [1.29, 1.82) is 0 Å². The van der Waals surface area contributed by atoms with E-state index in [0.717, 1.165) is 10.3 Å². The van der Waals surface area contributed by atoms with Crippen LogP contribution in [0.3, 0.4) is 0 Å². The molecule has 1 aromatic carbocycles. The predicted octanol–water partition coefficient (Wildman–Crippen LogP) is 5.01. The maximum absolute atomic E-state index is 11.6. The highest BCUT2D eigenvalue weighted by molar-refractivity contribution is 8.24. The molecule has 4 nitrogen and oxygen atoms in total. The number of hydrogen-bond acceptors (Lipinski definition) is 3. The number of nitrogens with zero attached hydrogens (tertiary/aromatic N) is 1. The van der Waals surface area contributed by atoms with E-state index >= 15 is 0 Å². The highest BCUT2D eigenvalue weighted by Crippen LogP contribution is 2.61. The first-order valence-electron chi connectivity index (χ1n) is 5.14. The van der Waals surface area contributed by atoms with E-state index in [1.54, 1.807) is 13.8 Å². The van der Waals surface area contributed by atoms with E-state index in [1.807, 2.05) is 30.3 Å². The first kappa shape index (κ1) is 16.4. The van der Waals surface area contributed by atoms with E-state index in [1.165, 1.54) is 0 Å². The Kier molecular flexibility index (Phi) is 5.75. The molecular weight excluding hydrogens is 331 g/mol. The number of rotatable bonds is 1. The second kappa shape index (κ2) is 6.67. The van der Waals surface area contributed by atoms with Crippen molar-refractivity contribution in [1.82, 2.24) is 0 Å². The van der Waals surface area contributed by atoms with E-state index in [2.05, 4.69) is 33.7 Å². The lowest BCUT2D eigenvalue weighted by atomic mass is 10.2. The van der Waals surface area contributed by atoms with E-state index in [4.69, 9.17) is 4.42 Å². The fourth-order valence-electron chi connectivity index (χ4n) is 1.31. The van der Waals surface area contributed by atoms with Crippen molar-refractivity contribution >= 4 is 38.9 Å². The Morgan fingerprint density at radius 1 is 1.16 bits per heavy atom. The van der Waals surface area contributed by atoms with Crippen molar-refractivity contribution in [2.45, 2.75) is 13.8 Å². The third-order valence-electron chi connectivity index (χ3n) is 2.27. The molecule has 8 heteroatoms. The predicted molar refractivity (Wildman–Crippen MR) is 77.7 cm³/mol. The van der Waals surface area contributed by atoms with E-state index in [0.29, 0.717) is 17.3 Å². The molecular formula is C11H11Cl3NO3P. The molecule has 0 amide bonds. The van der Waals surface area contributed by atoms with Gasteiger partial charge >= 0.3 is 11.1 Å². The van der Waals surface area contributed by atoms with Crippen LogP contribution in [-0.4, -0.2) is 0 Å². The maximum atomic E-state index is 11.6. The largest absolute Gasteiger partial charge is 0.616 e. The van der Waals surface area contributed by atoms with Gasteiger partial charge in [0.1, 0.15) is 0 Å². The Morgan fingerprint density at radius 2 is 1.63 bits per heavy atom. The minimum absolute atomic E-state index is 0.362. The quantitative estimate of drug-likeness (QED) is 0.416. The van der Waals surface area contributed by atoms with Gasteiger partial charge in [-0.2, -0.15) is 0 Å². The lowest BCUT2D eigenvalue weighted by Gasteiger charge is -1.96. The molecule has 2 rings (SSSR count). The van der Waals surface area contributed by atoms with Gasteiger partial charge in [0, 0.05) is 13.8 Å². The van der Waals surface area contributed by atoms with Crippen molar-refractivity contribution in [3.8, 4) is 11.5 Å². The van der Waals surface area contributed by atoms with Crippen LogP contribution in [0.4, 0.5) is 0 Å². The van der Waals surface area contributed by atoms with Crippen LogP contribution in [0.2, 0.25) is 0 Å². The molecule has 0 fully saturated rings. The van der Waals surface area contributed by atoms with Gasteiger partial charge in [0.15, 0.2) is 5.76 Å². The zero-order valence-corrected chi connectivity index (χ0v) is 13.3. The average molecular weight is 343 g/mol. The fraction of sp³-hybridized carbons (Fsp3) is 0.182. The lowest BCUT2D eigenvalue weighted by molar-refractivity contribution is -0.602. The summed E-state index contributed by atoms with van der Waals surface area (Å²) in [7, 11) is 0. The number of halogens is 3. The molecule has 19 heavy (non-hydrogen) atoms. The van der Waals surface area contributed by atoms with Gasteiger partial charge in [0.25, 0.3) is 0 Å². The molecule has 0 aliphatic carbocycles. The van der Waals surface area contributed by atoms with Crippen LogP contribution in [0.5, 0.6) is 0 Å². The summed E-state index contributed by atoms with van der Waals surface area (Å²) in [6, 6.07) is 9.37. The molecule has 0 spiro atoms. The molecule has 104 valence electrons. The molecule has 0 saturated carbocycles. The van der Waals surface area contributed by atoms with Crippen molar-refractivity contribution in [2.75, 3.05) is 0 Å². The van der Waals surface area contributed by atoms with Crippen molar-refractivity contribution in [2.24, 2.45) is 0 Å². The summed E-state index contributed by atoms with van der Waals surface area (Å²) in [6.45, 7) is 3.54. The Bertz CT molecular complexity index is 586. The van der Waals surface area contributed by atoms with Crippen LogP contribution in [0.25, 0.3) is 11.5 Å². The lowest BCUT2D eigenvalue weighted by Crippen LogP contribution is -2.29. The molecule has 0 N–H and O–H groups in total. The highest BCUT2D eigenvalue weighted by atomic mass is 36.0. The Balaban J connectivity index is 0.000000312. The second-order valence-corrected chi connectivity index (χ2v) is 10.2. The van der Waals surface area contributed by atoms with E-state index < -0.39 is 5.20 Å². The number of oxazole rings is 1. The minimum Gasteiger partial charge on any atom is -0.616 e. The summed E-state index contributed by atoms with van der Waals surface area (Å²) in [5, 5.41) is 8.39. The van der Waals surface area contributed by atoms with Crippen LogP contribution < -0.4 is 4.73 Å². The average Bonchev–Trinajstić information content (AvgIpc) is 2.56. The Labute approximate surface area is 125 Å². The summed E-state index contributed by atoms with van der Waals surface area (Å²) < 4.78 is 15.7. The zero-order chi connectivity index (χ0) is 14.6. The molecule has 0 aliphatic rings. The van der Waals surface area contributed by atoms with Gasteiger partial charge in [-0.1, -0.05) is 18.2 Å². The normalized spacial score (nSPS) is 10.8. The van der Waals surface area contributed by atoms with Crippen LogP contribution in [0, 0.1) is 19.1 Å². The summed E-state index contributed by atoms with van der Waals surface area (Å²) in [5.74, 6) is 1.03. The molecule has 0 radical (unpaired) electrons. The Hall–Kier alpha value is -0.670. The molecule has 0 saturated heterocycles. The van der Waals surface area contributed by atoms with Crippen LogP contribution in [0.15, 0.2) is 34.7 Å². The van der Waals surface area contributed by atoms with Gasteiger partial charge in [-0.15, -0.1) is 4.73 Å². The van der Waals surface area contributed by atoms with Crippen LogP contribution in [0.1, 0.15) is 11.5 Å². The first-order chi connectivity index (χ1) is 8.70. The number of hydrogen-bond donors (Lipinski definition) is 0. The van der Waals surface area contributed by atoms with Gasteiger partial charge in [0.05, 0.1) is 5.56 Å². The van der Waals surface area contributed by atoms with Gasteiger partial charge in [-0.05, 0) is 45.9 Å². The molecule has 1 heterocycles. The number of benzene rings is 1. The van der Waals surface area contributed by atoms with Crippen molar-refractivity contribution in [3.05, 3.63) is 47.0 Å². The monoisotopic (exact) mass is 341 g/mol. The molecule has 0 atom stereocenters. The molecule has 0 aliphatic heterocycles. The third-order valence-corrected chi connectivity index (χ3v) is 2.27. The molecule has 2 aromatic rings. The smallest absolute Gasteiger partial charge is 0.392 e. The maximum Gasteiger partial charge on any atom is 0.392 e. The van der Waals surface area contributed by atoms with Crippen LogP contribution in [-0.2, 0) is 4.57 Å². The topological polar surface area (TPSA) is 57.1 Å². The number of aromatic nitrogens is 1. The first-order valence-corrected chi connectivity index (χ1v) is 9.56. The van der Waals surface area contributed by atoms with Crippen molar-refractivity contribution < 1.29 is 13.7 Å². The summed E-state index contributed by atoms with van der Waals surface area (Å²) in [6.07, 6.45) is 0. The molecule has 1 aromatic heterocycles. The summed E-state index contributed by atoms with van der Waals surface area (Å²) in [4.78, 5) is 0. The van der Waals surface area contributed by atoms with Crippen LogP contribution >= 0.6 is 38.9 Å². The molecule has 0 bridgehead atoms. The summed E-state index contributed by atoms with van der Waals surface area (Å²) >= 11 is 13.8. The van der Waals surface area contributed by atoms with Gasteiger partial charge in [-0.3, -0.25) is 4.57 Å². The third kappa shape index (κ3) is 5.45. The SMILES string of the molecule is Cc1oc(-c2ccccc2)[n+]([O-])c1C.O=P(Cl)(Cl)Cl. The van der Waals surface area contributed by atoms with Gasteiger partial charge < -0.3 is 9.62 Å². The van der Waals surface area contributed by atoms with Gasteiger partial charge in [0.2, 0.25) is 5.69 Å².